The molecule has 1 aliphatic carbocycles. The molecule has 4 rings (SSSR count). The number of hydrogen-bond donors (Lipinski definition) is 0. The average Bonchev–Trinajstić information content (AvgIpc) is 3.04. The molecule has 6 nitrogen and oxygen atoms in total. The van der Waals surface area contributed by atoms with Crippen LogP contribution < -0.4 is 4.74 Å². The normalized spacial score (nSPS) is 23.8. The fraction of sp³-hybridized carbons (Fsp3) is 0.565. The van der Waals surface area contributed by atoms with Gasteiger partial charge in [-0.15, -0.1) is 0 Å². The van der Waals surface area contributed by atoms with E-state index in [1.165, 1.54) is 5.56 Å². The van der Waals surface area contributed by atoms with Gasteiger partial charge in [-0.2, -0.15) is 0 Å². The molecule has 1 saturated heterocycles. The van der Waals surface area contributed by atoms with Crippen LogP contribution in [-0.4, -0.2) is 51.6 Å². The Hall–Kier alpha value is -2.05. The van der Waals surface area contributed by atoms with Crippen LogP contribution in [0.15, 0.2) is 36.8 Å². The molecule has 1 amide bonds. The molecule has 2 aromatic rings. The third kappa shape index (κ3) is 4.98. The topological polar surface area (TPSA) is 50.6 Å². The van der Waals surface area contributed by atoms with Gasteiger partial charge in [0.15, 0.2) is 0 Å². The highest BCUT2D eigenvalue weighted by Gasteiger charge is 2.56. The van der Waals surface area contributed by atoms with Gasteiger partial charge in [-0.1, -0.05) is 44.0 Å². The Labute approximate surface area is 183 Å². The van der Waals surface area contributed by atoms with Gasteiger partial charge in [0, 0.05) is 44.8 Å². The zero-order valence-electron chi connectivity index (χ0n) is 18.0. The van der Waals surface area contributed by atoms with E-state index in [0.29, 0.717) is 29.6 Å². The number of piperidine rings is 1. The van der Waals surface area contributed by atoms with Crippen LogP contribution in [0.1, 0.15) is 25.8 Å². The fourth-order valence-corrected chi connectivity index (χ4v) is 4.69. The molecule has 2 aliphatic rings. The summed E-state index contributed by atoms with van der Waals surface area (Å²) in [5.41, 5.74) is 1.30. The zero-order valence-corrected chi connectivity index (χ0v) is 18.8. The third-order valence-corrected chi connectivity index (χ3v) is 6.81. The van der Waals surface area contributed by atoms with Crippen LogP contribution in [-0.2, 0) is 13.6 Å². The molecule has 30 heavy (non-hydrogen) atoms. The number of aromatic nitrogens is 2. The van der Waals surface area contributed by atoms with E-state index in [4.69, 9.17) is 16.3 Å². The largest absolute Gasteiger partial charge is 0.416 e. The maximum atomic E-state index is 12.8. The Morgan fingerprint density at radius 2 is 2.00 bits per heavy atom. The van der Waals surface area contributed by atoms with Crippen molar-refractivity contribution in [1.29, 1.82) is 0 Å². The number of amides is 1. The van der Waals surface area contributed by atoms with Crippen LogP contribution in [0.2, 0.25) is 5.02 Å². The summed E-state index contributed by atoms with van der Waals surface area (Å²) in [7, 11) is 1.86. The van der Waals surface area contributed by atoms with E-state index in [9.17, 15) is 4.79 Å². The quantitative estimate of drug-likeness (QED) is 0.626. The third-order valence-electron chi connectivity index (χ3n) is 6.56. The Morgan fingerprint density at radius 1 is 1.30 bits per heavy atom. The number of aryl methyl sites for hydroxylation is 1. The van der Waals surface area contributed by atoms with Gasteiger partial charge in [0.05, 0.1) is 12.5 Å². The van der Waals surface area contributed by atoms with Crippen molar-refractivity contribution >= 4 is 17.7 Å². The lowest BCUT2D eigenvalue weighted by atomic mass is 10.1. The van der Waals surface area contributed by atoms with Gasteiger partial charge >= 0.3 is 6.09 Å². The lowest BCUT2D eigenvalue weighted by molar-refractivity contribution is 0.136. The number of carbonyl (C=O) groups excluding carboxylic acids is 1. The van der Waals surface area contributed by atoms with Crippen LogP contribution in [0.3, 0.4) is 0 Å². The van der Waals surface area contributed by atoms with E-state index in [0.717, 1.165) is 44.2 Å². The van der Waals surface area contributed by atoms with E-state index in [1.54, 1.807) is 17.1 Å². The van der Waals surface area contributed by atoms with Crippen molar-refractivity contribution in [1.82, 2.24) is 19.4 Å². The molecule has 0 radical (unpaired) electrons. The summed E-state index contributed by atoms with van der Waals surface area (Å²) in [6, 6.07) is 8.11. The summed E-state index contributed by atoms with van der Waals surface area (Å²) in [5.74, 6) is 2.74. The number of rotatable bonds is 8. The molecular weight excluding hydrogens is 400 g/mol. The summed E-state index contributed by atoms with van der Waals surface area (Å²) < 4.78 is 7.32. The van der Waals surface area contributed by atoms with Crippen molar-refractivity contribution in [3.63, 3.8) is 0 Å². The number of ether oxygens (including phenoxy) is 1. The van der Waals surface area contributed by atoms with Crippen molar-refractivity contribution in [3.05, 3.63) is 47.4 Å². The highest BCUT2D eigenvalue weighted by atomic mass is 35.5. The summed E-state index contributed by atoms with van der Waals surface area (Å²) in [6.07, 6.45) is 4.12. The number of fused-ring (bicyclic) bond motifs is 1. The first kappa shape index (κ1) is 21.2. The van der Waals surface area contributed by atoms with Gasteiger partial charge < -0.3 is 14.2 Å². The maximum Gasteiger partial charge on any atom is 0.416 e. The van der Waals surface area contributed by atoms with Crippen molar-refractivity contribution in [3.8, 4) is 5.88 Å². The predicted octanol–water partition coefficient (Wildman–Crippen LogP) is 4.30. The molecule has 1 aromatic heterocycles. The number of likely N-dealkylation sites (tertiary alicyclic amines) is 1. The van der Waals surface area contributed by atoms with E-state index >= 15 is 0 Å². The van der Waals surface area contributed by atoms with E-state index in [2.05, 4.69) is 35.9 Å². The number of nitrogens with zero attached hydrogens (tertiary/aromatic N) is 4. The van der Waals surface area contributed by atoms with E-state index in [-0.39, 0.29) is 6.09 Å². The summed E-state index contributed by atoms with van der Waals surface area (Å²) in [6.45, 7) is 9.02. The van der Waals surface area contributed by atoms with Crippen LogP contribution in [0.4, 0.5) is 4.79 Å². The van der Waals surface area contributed by atoms with Crippen molar-refractivity contribution in [2.24, 2.45) is 30.7 Å². The fourth-order valence-electron chi connectivity index (χ4n) is 4.56. The van der Waals surface area contributed by atoms with E-state index < -0.39 is 0 Å². The number of carbonyl (C=O) groups is 1. The van der Waals surface area contributed by atoms with Gasteiger partial charge in [-0.05, 0) is 41.4 Å². The Balaban J connectivity index is 1.31. The monoisotopic (exact) mass is 430 g/mol. The molecule has 0 spiro atoms. The summed E-state index contributed by atoms with van der Waals surface area (Å²) in [5, 5.41) is 0.780. The number of benzene rings is 1. The Bertz CT molecular complexity index is 856. The molecule has 1 aliphatic heterocycles. The highest BCUT2D eigenvalue weighted by Crippen LogP contribution is 2.52. The minimum atomic E-state index is -0.281. The summed E-state index contributed by atoms with van der Waals surface area (Å²) in [4.78, 5) is 21.4. The molecule has 162 valence electrons. The molecule has 7 heteroatoms. The molecule has 0 N–H and O–H groups in total. The standard InChI is InChI=1S/C23H31ClN4O2/c1-4-16(2)9-28(23(29)30-22-14-26(3)15-25-22)13-21-19-11-27(12-20(19)21)10-17-5-7-18(24)8-6-17/h5-8,14-16,19-21H,4,9-13H2,1-3H3. The molecule has 2 fully saturated rings. The first-order valence-corrected chi connectivity index (χ1v) is 11.2. The molecule has 3 unspecified atom stereocenters. The Kier molecular flexibility index (Phi) is 6.34. The Morgan fingerprint density at radius 3 is 2.60 bits per heavy atom. The lowest BCUT2D eigenvalue weighted by Gasteiger charge is -2.26. The molecule has 2 heterocycles. The van der Waals surface area contributed by atoms with Crippen LogP contribution in [0.25, 0.3) is 0 Å². The number of hydrogen-bond acceptors (Lipinski definition) is 4. The second kappa shape index (κ2) is 8.98. The first-order chi connectivity index (χ1) is 14.4. The highest BCUT2D eigenvalue weighted by molar-refractivity contribution is 6.30. The molecular formula is C23H31ClN4O2. The molecule has 0 bridgehead atoms. The number of halogens is 1. The lowest BCUT2D eigenvalue weighted by Crippen LogP contribution is -2.39. The predicted molar refractivity (Wildman–Crippen MR) is 117 cm³/mol. The molecule has 3 atom stereocenters. The van der Waals surface area contributed by atoms with Crippen molar-refractivity contribution < 1.29 is 9.53 Å². The maximum absolute atomic E-state index is 12.8. The minimum absolute atomic E-state index is 0.281. The number of imidazole rings is 1. The first-order valence-electron chi connectivity index (χ1n) is 10.8. The molecule has 1 aromatic carbocycles. The minimum Gasteiger partial charge on any atom is -0.389 e. The summed E-state index contributed by atoms with van der Waals surface area (Å²) >= 11 is 5.99. The molecule has 1 saturated carbocycles. The van der Waals surface area contributed by atoms with Gasteiger partial charge in [0.25, 0.3) is 0 Å². The van der Waals surface area contributed by atoms with Gasteiger partial charge in [-0.3, -0.25) is 4.90 Å². The van der Waals surface area contributed by atoms with Gasteiger partial charge in [0.1, 0.15) is 0 Å². The van der Waals surface area contributed by atoms with Crippen LogP contribution in [0.5, 0.6) is 5.88 Å². The second-order valence-corrected chi connectivity index (χ2v) is 9.41. The SMILES string of the molecule is CCC(C)CN(CC1C2CN(Cc3ccc(Cl)cc3)CC21)C(=O)Oc1cn(C)cn1. The van der Waals surface area contributed by atoms with Crippen molar-refractivity contribution in [2.45, 2.75) is 26.8 Å². The smallest absolute Gasteiger partial charge is 0.389 e. The van der Waals surface area contributed by atoms with Gasteiger partial charge in [-0.25, -0.2) is 9.78 Å². The zero-order chi connectivity index (χ0) is 21.3. The van der Waals surface area contributed by atoms with Crippen molar-refractivity contribution in [2.75, 3.05) is 26.2 Å². The average molecular weight is 431 g/mol. The van der Waals surface area contributed by atoms with Gasteiger partial charge in [0.2, 0.25) is 5.88 Å². The van der Waals surface area contributed by atoms with Crippen LogP contribution in [0, 0.1) is 23.7 Å². The second-order valence-electron chi connectivity index (χ2n) is 8.98. The van der Waals surface area contributed by atoms with E-state index in [1.807, 2.05) is 24.1 Å². The van der Waals surface area contributed by atoms with Crippen LogP contribution >= 0.6 is 11.6 Å².